The van der Waals surface area contributed by atoms with Crippen molar-refractivity contribution in [3.05, 3.63) is 70.4 Å². The molecular formula is C21H26N2O+2. The van der Waals surface area contributed by atoms with Crippen LogP contribution in [-0.4, -0.2) is 12.2 Å². The Morgan fingerprint density at radius 1 is 0.958 bits per heavy atom. The van der Waals surface area contributed by atoms with Crippen molar-refractivity contribution < 1.29 is 15.0 Å². The lowest BCUT2D eigenvalue weighted by Crippen LogP contribution is -3.06. The van der Waals surface area contributed by atoms with E-state index in [1.54, 1.807) is 0 Å². The summed E-state index contributed by atoms with van der Waals surface area (Å²) < 4.78 is 0. The largest absolute Gasteiger partial charge is 0.506 e. The number of rotatable bonds is 4. The minimum atomic E-state index is 0.414. The van der Waals surface area contributed by atoms with Crippen LogP contribution in [0, 0.1) is 20.8 Å². The van der Waals surface area contributed by atoms with Crippen LogP contribution in [0.25, 0.3) is 10.9 Å². The van der Waals surface area contributed by atoms with E-state index in [1.165, 1.54) is 21.6 Å². The van der Waals surface area contributed by atoms with Crippen molar-refractivity contribution in [1.82, 2.24) is 0 Å². The fraction of sp³-hybridized carbons (Fsp3) is 0.286. The average Bonchev–Trinajstić information content (AvgIpc) is 2.56. The Morgan fingerprint density at radius 3 is 2.38 bits per heavy atom. The van der Waals surface area contributed by atoms with Crippen molar-refractivity contribution >= 4 is 10.9 Å². The van der Waals surface area contributed by atoms with Crippen molar-refractivity contribution in [3.8, 4) is 5.75 Å². The minimum Gasteiger partial charge on any atom is -0.506 e. The standard InChI is InChI=1S/C21H24N2O/c1-14-10-11-18-20(15(14)2)22-16(3)19(21(18)24)13-23(4)12-17-8-6-5-7-9-17/h5-11H,12-13H2,1-4H3,(H,22,24)/p+2. The molecule has 0 saturated carbocycles. The predicted octanol–water partition coefficient (Wildman–Crippen LogP) is 2.50. The topological polar surface area (TPSA) is 38.8 Å². The fourth-order valence-electron chi connectivity index (χ4n) is 3.30. The molecule has 3 aromatic rings. The second-order valence-electron chi connectivity index (χ2n) is 6.80. The summed E-state index contributed by atoms with van der Waals surface area (Å²) in [5.41, 5.74) is 6.82. The van der Waals surface area contributed by atoms with Crippen LogP contribution in [0.5, 0.6) is 5.75 Å². The molecule has 3 rings (SSSR count). The molecule has 3 nitrogen and oxygen atoms in total. The maximum Gasteiger partial charge on any atom is 0.217 e. The molecule has 124 valence electrons. The zero-order valence-corrected chi connectivity index (χ0v) is 14.9. The number of fused-ring (bicyclic) bond motifs is 1. The summed E-state index contributed by atoms with van der Waals surface area (Å²) in [6, 6.07) is 14.6. The summed E-state index contributed by atoms with van der Waals surface area (Å²) >= 11 is 0. The Morgan fingerprint density at radius 2 is 1.67 bits per heavy atom. The molecular weight excluding hydrogens is 296 g/mol. The van der Waals surface area contributed by atoms with Crippen molar-refractivity contribution in [2.45, 2.75) is 33.9 Å². The number of quaternary nitrogens is 1. The molecule has 1 aromatic heterocycles. The van der Waals surface area contributed by atoms with E-state index in [0.29, 0.717) is 5.75 Å². The smallest absolute Gasteiger partial charge is 0.217 e. The van der Waals surface area contributed by atoms with Gasteiger partial charge in [-0.05, 0) is 25.5 Å². The molecule has 2 aromatic carbocycles. The lowest BCUT2D eigenvalue weighted by atomic mass is 10.0. The molecule has 3 heteroatoms. The van der Waals surface area contributed by atoms with Gasteiger partial charge in [-0.3, -0.25) is 0 Å². The Kier molecular flexibility index (Phi) is 4.54. The molecule has 1 heterocycles. The van der Waals surface area contributed by atoms with Gasteiger partial charge in [0.2, 0.25) is 5.52 Å². The first kappa shape index (κ1) is 16.5. The molecule has 0 bridgehead atoms. The van der Waals surface area contributed by atoms with E-state index in [4.69, 9.17) is 0 Å². The second kappa shape index (κ2) is 6.62. The third-order valence-corrected chi connectivity index (χ3v) is 4.87. The van der Waals surface area contributed by atoms with Crippen LogP contribution in [0.15, 0.2) is 42.5 Å². The lowest BCUT2D eigenvalue weighted by Gasteiger charge is -2.16. The van der Waals surface area contributed by atoms with Gasteiger partial charge in [-0.15, -0.1) is 0 Å². The van der Waals surface area contributed by atoms with E-state index < -0.39 is 0 Å². The highest BCUT2D eigenvalue weighted by atomic mass is 16.3. The van der Waals surface area contributed by atoms with Crippen molar-refractivity contribution in [2.24, 2.45) is 0 Å². The molecule has 1 unspecified atom stereocenters. The average molecular weight is 322 g/mol. The summed E-state index contributed by atoms with van der Waals surface area (Å²) in [4.78, 5) is 4.85. The van der Waals surface area contributed by atoms with Crippen LogP contribution in [0.4, 0.5) is 0 Å². The number of aryl methyl sites for hydroxylation is 3. The van der Waals surface area contributed by atoms with Crippen molar-refractivity contribution in [2.75, 3.05) is 7.05 Å². The number of H-pyrrole nitrogens is 1. The number of pyridine rings is 1. The molecule has 24 heavy (non-hydrogen) atoms. The summed E-state index contributed by atoms with van der Waals surface area (Å²) in [6.45, 7) is 7.96. The Bertz CT molecular complexity index is 872. The van der Waals surface area contributed by atoms with Gasteiger partial charge in [0.1, 0.15) is 24.4 Å². The first-order chi connectivity index (χ1) is 11.5. The van der Waals surface area contributed by atoms with Crippen LogP contribution in [0.1, 0.15) is 27.9 Å². The van der Waals surface area contributed by atoms with E-state index in [0.717, 1.165) is 35.2 Å². The zero-order valence-electron chi connectivity index (χ0n) is 14.9. The molecule has 0 radical (unpaired) electrons. The Labute approximate surface area is 143 Å². The third-order valence-electron chi connectivity index (χ3n) is 4.87. The predicted molar refractivity (Wildman–Crippen MR) is 97.1 cm³/mol. The second-order valence-corrected chi connectivity index (χ2v) is 6.80. The van der Waals surface area contributed by atoms with Crippen molar-refractivity contribution in [3.63, 3.8) is 0 Å². The quantitative estimate of drug-likeness (QED) is 0.761. The molecule has 0 aliphatic heterocycles. The van der Waals surface area contributed by atoms with Gasteiger partial charge >= 0.3 is 0 Å². The van der Waals surface area contributed by atoms with Gasteiger partial charge in [-0.25, -0.2) is 4.98 Å². The number of hydrogen-bond acceptors (Lipinski definition) is 1. The number of aromatic hydroxyl groups is 1. The van der Waals surface area contributed by atoms with Gasteiger partial charge in [-0.1, -0.05) is 36.4 Å². The van der Waals surface area contributed by atoms with Crippen molar-refractivity contribution in [1.29, 1.82) is 0 Å². The maximum atomic E-state index is 10.8. The van der Waals surface area contributed by atoms with Crippen LogP contribution in [0.3, 0.4) is 0 Å². The summed E-state index contributed by atoms with van der Waals surface area (Å²) in [6.07, 6.45) is 0. The normalized spacial score (nSPS) is 12.5. The zero-order chi connectivity index (χ0) is 17.3. The number of hydrogen-bond donors (Lipinski definition) is 2. The number of benzene rings is 2. The highest BCUT2D eigenvalue weighted by Crippen LogP contribution is 2.29. The first-order valence-electron chi connectivity index (χ1n) is 8.46. The molecule has 0 saturated heterocycles. The Balaban J connectivity index is 1.93. The van der Waals surface area contributed by atoms with E-state index in [1.807, 2.05) is 19.1 Å². The Hall–Kier alpha value is -2.39. The monoisotopic (exact) mass is 322 g/mol. The molecule has 0 amide bonds. The highest BCUT2D eigenvalue weighted by molar-refractivity contribution is 5.86. The summed E-state index contributed by atoms with van der Waals surface area (Å²) in [7, 11) is 2.16. The molecule has 0 spiro atoms. The molecule has 0 aliphatic rings. The molecule has 1 atom stereocenters. The maximum absolute atomic E-state index is 10.8. The molecule has 0 fully saturated rings. The third kappa shape index (κ3) is 3.13. The number of nitrogens with one attached hydrogen (secondary N) is 2. The number of aromatic nitrogens is 1. The van der Waals surface area contributed by atoms with Crippen LogP contribution < -0.4 is 9.88 Å². The van der Waals surface area contributed by atoms with Crippen LogP contribution in [0.2, 0.25) is 0 Å². The minimum absolute atomic E-state index is 0.414. The van der Waals surface area contributed by atoms with E-state index in [2.05, 4.69) is 56.2 Å². The van der Waals surface area contributed by atoms with E-state index >= 15 is 0 Å². The SMILES string of the molecule is Cc1ccc2c(O)c(C[NH+](C)Cc3ccccc3)c(C)[nH+]c2c1C. The van der Waals surface area contributed by atoms with Gasteiger partial charge in [0.25, 0.3) is 0 Å². The van der Waals surface area contributed by atoms with Gasteiger partial charge < -0.3 is 10.0 Å². The van der Waals surface area contributed by atoms with Gasteiger partial charge in [0, 0.05) is 18.1 Å². The lowest BCUT2D eigenvalue weighted by molar-refractivity contribution is -0.907. The fourth-order valence-corrected chi connectivity index (χ4v) is 3.30. The van der Waals surface area contributed by atoms with Gasteiger partial charge in [0.15, 0.2) is 5.69 Å². The van der Waals surface area contributed by atoms with Gasteiger partial charge in [-0.2, -0.15) is 0 Å². The van der Waals surface area contributed by atoms with Crippen LogP contribution >= 0.6 is 0 Å². The van der Waals surface area contributed by atoms with E-state index in [-0.39, 0.29) is 0 Å². The summed E-state index contributed by atoms with van der Waals surface area (Å²) in [5.74, 6) is 0.414. The van der Waals surface area contributed by atoms with E-state index in [9.17, 15) is 5.11 Å². The molecule has 0 aliphatic carbocycles. The van der Waals surface area contributed by atoms with Crippen LogP contribution in [-0.2, 0) is 13.1 Å². The highest BCUT2D eigenvalue weighted by Gasteiger charge is 2.21. The number of aromatic amines is 1. The summed E-state index contributed by atoms with van der Waals surface area (Å²) in [5, 5.41) is 11.7. The van der Waals surface area contributed by atoms with Gasteiger partial charge in [0.05, 0.1) is 12.4 Å². The molecule has 3 N–H and O–H groups in total. The first-order valence-corrected chi connectivity index (χ1v) is 8.46.